The molecule has 1 unspecified atom stereocenters. The molecule has 3 atom stereocenters. The zero-order chi connectivity index (χ0) is 23.5. The third kappa shape index (κ3) is 4.47. The van der Waals surface area contributed by atoms with Crippen molar-refractivity contribution < 1.29 is 29.3 Å². The number of alkyl carbamates (subject to hydrolysis) is 1. The average molecular weight is 450 g/mol. The van der Waals surface area contributed by atoms with E-state index in [0.717, 1.165) is 27.2 Å². The van der Waals surface area contributed by atoms with Gasteiger partial charge in [-0.05, 0) is 28.7 Å². The smallest absolute Gasteiger partial charge is 0.407 e. The molecule has 33 heavy (non-hydrogen) atoms. The highest BCUT2D eigenvalue weighted by molar-refractivity contribution is 5.90. The summed E-state index contributed by atoms with van der Waals surface area (Å²) in [5.41, 5.74) is 4.35. The molecular weight excluding hydrogens is 424 g/mol. The van der Waals surface area contributed by atoms with Crippen LogP contribution in [0.2, 0.25) is 0 Å². The zero-order valence-electron chi connectivity index (χ0n) is 18.0. The second kappa shape index (κ2) is 9.46. The Labute approximate surface area is 191 Å². The Morgan fingerprint density at radius 2 is 1.73 bits per heavy atom. The Morgan fingerprint density at radius 3 is 2.30 bits per heavy atom. The van der Waals surface area contributed by atoms with Crippen molar-refractivity contribution in [1.29, 1.82) is 0 Å². The van der Waals surface area contributed by atoms with Gasteiger partial charge in [0.05, 0.1) is 6.10 Å². The van der Waals surface area contributed by atoms with E-state index in [-0.39, 0.29) is 31.9 Å². The number of hydrogen-bond donors (Lipinski definition) is 3. The number of carboxylic acids is 1. The minimum Gasteiger partial charge on any atom is -0.480 e. The minimum atomic E-state index is -1.20. The summed E-state index contributed by atoms with van der Waals surface area (Å²) < 4.78 is 5.50. The predicted octanol–water partition coefficient (Wildman–Crippen LogP) is 2.52. The van der Waals surface area contributed by atoms with E-state index < -0.39 is 36.2 Å². The van der Waals surface area contributed by atoms with Gasteiger partial charge >= 0.3 is 12.1 Å². The van der Waals surface area contributed by atoms with Gasteiger partial charge in [0.15, 0.2) is 0 Å². The molecule has 4 rings (SSSR count). The van der Waals surface area contributed by atoms with E-state index in [4.69, 9.17) is 4.74 Å². The number of β-amino-alcohol motifs (C(OH)–C–C–N with tert-alkyl or cyclic N) is 1. The lowest BCUT2D eigenvalue weighted by Gasteiger charge is -2.26. The maximum absolute atomic E-state index is 13.0. The topological polar surface area (TPSA) is 116 Å². The van der Waals surface area contributed by atoms with Crippen molar-refractivity contribution >= 4 is 18.0 Å². The molecule has 8 heteroatoms. The molecule has 1 aliphatic carbocycles. The van der Waals surface area contributed by atoms with Gasteiger partial charge in [-0.1, -0.05) is 54.6 Å². The third-order valence-electron chi connectivity index (χ3n) is 6.18. The number of fused-ring (bicyclic) bond motifs is 3. The largest absolute Gasteiger partial charge is 0.480 e. The van der Waals surface area contributed by atoms with Gasteiger partial charge in [0.25, 0.3) is 0 Å². The van der Waals surface area contributed by atoms with E-state index in [0.29, 0.717) is 0 Å². The summed E-state index contributed by atoms with van der Waals surface area (Å²) >= 11 is 0. The highest BCUT2D eigenvalue weighted by Gasteiger charge is 2.41. The maximum atomic E-state index is 13.0. The molecule has 2 aliphatic rings. The van der Waals surface area contributed by atoms with Crippen molar-refractivity contribution in [2.45, 2.75) is 36.9 Å². The van der Waals surface area contributed by atoms with Gasteiger partial charge in [-0.15, -0.1) is 6.58 Å². The highest BCUT2D eigenvalue weighted by Crippen LogP contribution is 2.44. The standard InChI is InChI=1S/C25H26N2O6/c1-2-7-21(23(29)27-13-15(28)12-22(27)24(30)31)26-25(32)33-14-20-18-10-5-3-8-16(18)17-9-4-6-11-19(17)20/h2-6,8-11,15,20-22,28H,1,7,12-14H2,(H,26,32)(H,30,31)/t15-,21?,22-/m0/s1. The molecule has 1 heterocycles. The molecule has 1 saturated heterocycles. The lowest BCUT2D eigenvalue weighted by atomic mass is 9.98. The maximum Gasteiger partial charge on any atom is 0.407 e. The monoisotopic (exact) mass is 450 g/mol. The molecule has 0 radical (unpaired) electrons. The summed E-state index contributed by atoms with van der Waals surface area (Å²) in [5.74, 6) is -1.91. The molecule has 2 amide bonds. The van der Waals surface area contributed by atoms with E-state index >= 15 is 0 Å². The minimum absolute atomic E-state index is 0.0488. The molecule has 2 aromatic rings. The number of nitrogens with zero attached hydrogens (tertiary/aromatic N) is 1. The van der Waals surface area contributed by atoms with Gasteiger partial charge in [-0.2, -0.15) is 0 Å². The number of carboxylic acid groups (broad SMARTS) is 1. The number of ether oxygens (including phenoxy) is 1. The van der Waals surface area contributed by atoms with Crippen LogP contribution in [0.5, 0.6) is 0 Å². The van der Waals surface area contributed by atoms with Crippen molar-refractivity contribution in [2.24, 2.45) is 0 Å². The Hall–Kier alpha value is -3.65. The van der Waals surface area contributed by atoms with Crippen LogP contribution in [0.4, 0.5) is 4.79 Å². The summed E-state index contributed by atoms with van der Waals surface area (Å²) in [6.07, 6.45) is -0.179. The second-order valence-corrected chi connectivity index (χ2v) is 8.28. The van der Waals surface area contributed by atoms with Crippen molar-refractivity contribution in [3.63, 3.8) is 0 Å². The van der Waals surface area contributed by atoms with E-state index in [2.05, 4.69) is 11.9 Å². The molecule has 0 spiro atoms. The molecule has 1 fully saturated rings. The number of hydrogen-bond acceptors (Lipinski definition) is 5. The van der Waals surface area contributed by atoms with Gasteiger partial charge in [-0.3, -0.25) is 4.79 Å². The first-order valence-electron chi connectivity index (χ1n) is 10.8. The van der Waals surface area contributed by atoms with Gasteiger partial charge < -0.3 is 25.2 Å². The van der Waals surface area contributed by atoms with Crippen LogP contribution in [-0.4, -0.2) is 64.4 Å². The number of amides is 2. The molecule has 2 aromatic carbocycles. The van der Waals surface area contributed by atoms with Crippen LogP contribution in [0.15, 0.2) is 61.2 Å². The van der Waals surface area contributed by atoms with Crippen molar-refractivity contribution in [3.05, 3.63) is 72.3 Å². The van der Waals surface area contributed by atoms with Crippen LogP contribution in [0.25, 0.3) is 11.1 Å². The molecule has 0 saturated carbocycles. The van der Waals surface area contributed by atoms with Crippen LogP contribution in [0, 0.1) is 0 Å². The summed E-state index contributed by atoms with van der Waals surface area (Å²) in [7, 11) is 0. The second-order valence-electron chi connectivity index (χ2n) is 8.28. The Kier molecular flexibility index (Phi) is 6.46. The van der Waals surface area contributed by atoms with E-state index in [1.807, 2.05) is 48.5 Å². The van der Waals surface area contributed by atoms with E-state index in [9.17, 15) is 24.6 Å². The molecule has 8 nitrogen and oxygen atoms in total. The van der Waals surface area contributed by atoms with Gasteiger partial charge in [0.2, 0.25) is 5.91 Å². The van der Waals surface area contributed by atoms with Crippen LogP contribution >= 0.6 is 0 Å². The van der Waals surface area contributed by atoms with Crippen LogP contribution < -0.4 is 5.32 Å². The fourth-order valence-corrected chi connectivity index (χ4v) is 4.66. The number of aliphatic hydroxyl groups excluding tert-OH is 1. The van der Waals surface area contributed by atoms with Crippen LogP contribution in [-0.2, 0) is 14.3 Å². The number of nitrogens with one attached hydrogen (secondary N) is 1. The summed E-state index contributed by atoms with van der Waals surface area (Å²) in [5, 5.41) is 21.8. The highest BCUT2D eigenvalue weighted by atomic mass is 16.5. The molecule has 172 valence electrons. The molecular formula is C25H26N2O6. The van der Waals surface area contributed by atoms with Gasteiger partial charge in [-0.25, -0.2) is 9.59 Å². The van der Waals surface area contributed by atoms with Crippen molar-refractivity contribution in [3.8, 4) is 11.1 Å². The Balaban J connectivity index is 1.44. The first kappa shape index (κ1) is 22.5. The first-order valence-corrected chi connectivity index (χ1v) is 10.8. The number of aliphatic carboxylic acids is 1. The summed E-state index contributed by atoms with van der Waals surface area (Å²) in [4.78, 5) is 38.1. The van der Waals surface area contributed by atoms with Gasteiger partial charge in [0, 0.05) is 18.9 Å². The number of carbonyl (C=O) groups is 3. The van der Waals surface area contributed by atoms with Crippen LogP contribution in [0.3, 0.4) is 0 Å². The lowest BCUT2D eigenvalue weighted by Crippen LogP contribution is -2.51. The molecule has 1 aliphatic heterocycles. The average Bonchev–Trinajstić information content (AvgIpc) is 3.35. The fraction of sp³-hybridized carbons (Fsp3) is 0.320. The van der Waals surface area contributed by atoms with Gasteiger partial charge in [0.1, 0.15) is 18.7 Å². The number of benzene rings is 2. The fourth-order valence-electron chi connectivity index (χ4n) is 4.66. The Morgan fingerprint density at radius 1 is 1.12 bits per heavy atom. The number of likely N-dealkylation sites (tertiary alicyclic amines) is 1. The summed E-state index contributed by atoms with van der Waals surface area (Å²) in [6.45, 7) is 3.61. The number of carbonyl (C=O) groups excluding carboxylic acids is 2. The zero-order valence-corrected chi connectivity index (χ0v) is 18.0. The normalized spacial score (nSPS) is 20.0. The SMILES string of the molecule is C=CCC(NC(=O)OCC1c2ccccc2-c2ccccc21)C(=O)N1C[C@@H](O)C[C@H]1C(=O)O. The summed E-state index contributed by atoms with van der Waals surface area (Å²) in [6, 6.07) is 13.8. The molecule has 0 aromatic heterocycles. The quantitative estimate of drug-likeness (QED) is 0.558. The van der Waals surface area contributed by atoms with Crippen molar-refractivity contribution in [2.75, 3.05) is 13.2 Å². The van der Waals surface area contributed by atoms with E-state index in [1.54, 1.807) is 0 Å². The Bertz CT molecular complexity index is 1040. The number of rotatable bonds is 7. The third-order valence-corrected chi connectivity index (χ3v) is 6.18. The lowest BCUT2D eigenvalue weighted by molar-refractivity contribution is -0.148. The molecule has 3 N–H and O–H groups in total. The molecule has 0 bridgehead atoms. The van der Waals surface area contributed by atoms with Crippen molar-refractivity contribution in [1.82, 2.24) is 10.2 Å². The van der Waals surface area contributed by atoms with E-state index in [1.165, 1.54) is 6.08 Å². The number of aliphatic hydroxyl groups is 1. The predicted molar refractivity (Wildman–Crippen MR) is 121 cm³/mol. The van der Waals surface area contributed by atoms with Crippen LogP contribution in [0.1, 0.15) is 29.9 Å². The first-order chi connectivity index (χ1) is 15.9.